The van der Waals surface area contributed by atoms with Crippen molar-refractivity contribution in [1.82, 2.24) is 10.2 Å². The first kappa shape index (κ1) is 21.1. The lowest BCUT2D eigenvalue weighted by Gasteiger charge is -2.23. The molecule has 31 heavy (non-hydrogen) atoms. The number of carbonyl (C=O) groups excluding carboxylic acids is 3. The second-order valence-corrected chi connectivity index (χ2v) is 8.49. The van der Waals surface area contributed by atoms with Gasteiger partial charge in [0.15, 0.2) is 0 Å². The minimum atomic E-state index is -1.16. The molecule has 1 atom stereocenters. The number of anilines is 1. The lowest BCUT2D eigenvalue weighted by Crippen LogP contribution is -2.42. The molecule has 1 aliphatic carbocycles. The average Bonchev–Trinajstić information content (AvgIpc) is 3.32. The minimum Gasteiger partial charge on any atom is -0.324 e. The molecule has 162 valence electrons. The van der Waals surface area contributed by atoms with Crippen LogP contribution in [0.5, 0.6) is 0 Å². The van der Waals surface area contributed by atoms with Gasteiger partial charge in [-0.05, 0) is 66.8 Å². The standard InChI is InChI=1S/C25H29N3O3/c1-4-16-8-6-9-17(5-2)22(16)26-21(29)15-28-23(30)25(3,27-24(28)31)20-13-12-18-10-7-11-19(18)14-20/h6,8-9,12-14H,4-5,7,10-11,15H2,1-3H3,(H,26,29)(H,27,31)/t25-/m0/s1. The second kappa shape index (κ2) is 8.17. The maximum absolute atomic E-state index is 13.2. The van der Waals surface area contributed by atoms with Crippen LogP contribution in [0, 0.1) is 0 Å². The number of para-hydroxylation sites is 1. The lowest BCUT2D eigenvalue weighted by molar-refractivity contribution is -0.133. The van der Waals surface area contributed by atoms with Gasteiger partial charge in [0.1, 0.15) is 12.1 Å². The average molecular weight is 420 g/mol. The van der Waals surface area contributed by atoms with Crippen molar-refractivity contribution in [3.63, 3.8) is 0 Å². The van der Waals surface area contributed by atoms with E-state index in [0.29, 0.717) is 0 Å². The number of benzene rings is 2. The molecular formula is C25H29N3O3. The largest absolute Gasteiger partial charge is 0.325 e. The molecule has 4 amide bonds. The van der Waals surface area contributed by atoms with Gasteiger partial charge in [-0.2, -0.15) is 0 Å². The predicted molar refractivity (Wildman–Crippen MR) is 120 cm³/mol. The molecule has 6 heteroatoms. The summed E-state index contributed by atoms with van der Waals surface area (Å²) in [6, 6.07) is 11.4. The number of hydrogen-bond acceptors (Lipinski definition) is 3. The van der Waals surface area contributed by atoms with Crippen molar-refractivity contribution < 1.29 is 14.4 Å². The molecule has 0 radical (unpaired) electrons. The first-order valence-electron chi connectivity index (χ1n) is 11.0. The third-order valence-electron chi connectivity index (χ3n) is 6.52. The van der Waals surface area contributed by atoms with E-state index in [1.165, 1.54) is 11.1 Å². The molecular weight excluding hydrogens is 390 g/mol. The van der Waals surface area contributed by atoms with E-state index in [0.717, 1.165) is 59.4 Å². The van der Waals surface area contributed by atoms with Gasteiger partial charge in [-0.3, -0.25) is 14.5 Å². The molecule has 0 bridgehead atoms. The van der Waals surface area contributed by atoms with Crippen molar-refractivity contribution in [2.75, 3.05) is 11.9 Å². The van der Waals surface area contributed by atoms with Crippen LogP contribution in [0.3, 0.4) is 0 Å². The van der Waals surface area contributed by atoms with Crippen molar-refractivity contribution >= 4 is 23.5 Å². The summed E-state index contributed by atoms with van der Waals surface area (Å²) >= 11 is 0. The fourth-order valence-electron chi connectivity index (χ4n) is 4.64. The molecule has 6 nitrogen and oxygen atoms in total. The van der Waals surface area contributed by atoms with E-state index in [1.54, 1.807) is 6.92 Å². The summed E-state index contributed by atoms with van der Waals surface area (Å²) in [6.07, 6.45) is 4.72. The summed E-state index contributed by atoms with van der Waals surface area (Å²) in [6.45, 7) is 5.46. The number of rotatable bonds is 6. The van der Waals surface area contributed by atoms with Crippen LogP contribution < -0.4 is 10.6 Å². The smallest absolute Gasteiger partial charge is 0.324 e. The van der Waals surface area contributed by atoms with Crippen LogP contribution in [0.1, 0.15) is 55.0 Å². The molecule has 2 aromatic carbocycles. The molecule has 2 aromatic rings. The normalized spacial score (nSPS) is 20.0. The number of hydrogen-bond donors (Lipinski definition) is 2. The fourth-order valence-corrected chi connectivity index (χ4v) is 4.64. The van der Waals surface area contributed by atoms with E-state index in [2.05, 4.69) is 10.6 Å². The Kier molecular flexibility index (Phi) is 5.56. The first-order chi connectivity index (χ1) is 14.9. The quantitative estimate of drug-likeness (QED) is 0.701. The molecule has 2 aliphatic rings. The van der Waals surface area contributed by atoms with Crippen LogP contribution in [0.2, 0.25) is 0 Å². The topological polar surface area (TPSA) is 78.5 Å². The Hall–Kier alpha value is -3.15. The van der Waals surface area contributed by atoms with E-state index in [4.69, 9.17) is 0 Å². The molecule has 0 spiro atoms. The van der Waals surface area contributed by atoms with Crippen molar-refractivity contribution in [1.29, 1.82) is 0 Å². The van der Waals surface area contributed by atoms with Gasteiger partial charge in [0.05, 0.1) is 0 Å². The first-order valence-corrected chi connectivity index (χ1v) is 11.0. The Morgan fingerprint density at radius 2 is 1.74 bits per heavy atom. The van der Waals surface area contributed by atoms with Gasteiger partial charge >= 0.3 is 6.03 Å². The SMILES string of the molecule is CCc1cccc(CC)c1NC(=O)CN1C(=O)N[C@@](C)(c2ccc3c(c2)CCC3)C1=O. The van der Waals surface area contributed by atoms with Gasteiger partial charge in [0.2, 0.25) is 5.91 Å². The Morgan fingerprint density at radius 1 is 1.06 bits per heavy atom. The van der Waals surface area contributed by atoms with E-state index in [9.17, 15) is 14.4 Å². The molecule has 0 saturated carbocycles. The van der Waals surface area contributed by atoms with Crippen LogP contribution in [0.15, 0.2) is 36.4 Å². The molecule has 0 aromatic heterocycles. The van der Waals surface area contributed by atoms with Crippen LogP contribution >= 0.6 is 0 Å². The highest BCUT2D eigenvalue weighted by Crippen LogP contribution is 2.32. The molecule has 1 heterocycles. The van der Waals surface area contributed by atoms with Crippen LogP contribution in [-0.4, -0.2) is 29.3 Å². The zero-order chi connectivity index (χ0) is 22.2. The van der Waals surface area contributed by atoms with Crippen molar-refractivity contribution in [2.24, 2.45) is 0 Å². The monoisotopic (exact) mass is 419 g/mol. The van der Waals surface area contributed by atoms with Crippen LogP contribution in [0.4, 0.5) is 10.5 Å². The highest BCUT2D eigenvalue weighted by atomic mass is 16.2. The van der Waals surface area contributed by atoms with E-state index >= 15 is 0 Å². The van der Waals surface area contributed by atoms with Crippen LogP contribution in [-0.2, 0) is 40.8 Å². The number of nitrogens with one attached hydrogen (secondary N) is 2. The van der Waals surface area contributed by atoms with Crippen molar-refractivity contribution in [3.8, 4) is 0 Å². The highest BCUT2D eigenvalue weighted by molar-refractivity contribution is 6.10. The Balaban J connectivity index is 1.53. The predicted octanol–water partition coefficient (Wildman–Crippen LogP) is 3.71. The third-order valence-corrected chi connectivity index (χ3v) is 6.52. The second-order valence-electron chi connectivity index (χ2n) is 8.49. The minimum absolute atomic E-state index is 0.313. The number of imide groups is 1. The lowest BCUT2D eigenvalue weighted by atomic mass is 9.89. The number of fused-ring (bicyclic) bond motifs is 1. The summed E-state index contributed by atoms with van der Waals surface area (Å²) in [7, 11) is 0. The van der Waals surface area contributed by atoms with Gasteiger partial charge in [-0.1, -0.05) is 50.2 Å². The summed E-state index contributed by atoms with van der Waals surface area (Å²) in [5.41, 5.74) is 5.00. The maximum atomic E-state index is 13.2. The molecule has 4 rings (SSSR count). The summed E-state index contributed by atoms with van der Waals surface area (Å²) < 4.78 is 0. The number of urea groups is 1. The van der Waals surface area contributed by atoms with E-state index in [-0.39, 0.29) is 12.5 Å². The zero-order valence-electron chi connectivity index (χ0n) is 18.4. The van der Waals surface area contributed by atoms with Gasteiger partial charge < -0.3 is 10.6 Å². The zero-order valence-corrected chi connectivity index (χ0v) is 18.4. The van der Waals surface area contributed by atoms with Crippen LogP contribution in [0.25, 0.3) is 0 Å². The number of aryl methyl sites for hydroxylation is 4. The summed E-state index contributed by atoms with van der Waals surface area (Å²) in [5, 5.41) is 5.75. The molecule has 1 saturated heterocycles. The Bertz CT molecular complexity index is 1040. The van der Waals surface area contributed by atoms with Gasteiger partial charge in [-0.25, -0.2) is 4.79 Å². The molecule has 2 N–H and O–H groups in total. The summed E-state index contributed by atoms with van der Waals surface area (Å²) in [4.78, 5) is 39.7. The Morgan fingerprint density at radius 3 is 2.42 bits per heavy atom. The van der Waals surface area contributed by atoms with Gasteiger partial charge in [-0.15, -0.1) is 0 Å². The molecule has 1 fully saturated rings. The Labute approximate surface area is 183 Å². The van der Waals surface area contributed by atoms with E-state index in [1.807, 2.05) is 50.2 Å². The van der Waals surface area contributed by atoms with Crippen molar-refractivity contribution in [2.45, 2.75) is 58.4 Å². The summed E-state index contributed by atoms with van der Waals surface area (Å²) in [5.74, 6) is -0.776. The number of carbonyl (C=O) groups is 3. The highest BCUT2D eigenvalue weighted by Gasteiger charge is 2.49. The molecule has 0 unspecified atom stereocenters. The van der Waals surface area contributed by atoms with Gasteiger partial charge in [0, 0.05) is 5.69 Å². The van der Waals surface area contributed by atoms with Gasteiger partial charge in [0.25, 0.3) is 5.91 Å². The van der Waals surface area contributed by atoms with E-state index < -0.39 is 17.5 Å². The number of nitrogens with zero attached hydrogens (tertiary/aromatic N) is 1. The third kappa shape index (κ3) is 3.71. The van der Waals surface area contributed by atoms with Crippen molar-refractivity contribution in [3.05, 3.63) is 64.2 Å². The number of amides is 4. The molecule has 1 aliphatic heterocycles. The fraction of sp³-hybridized carbons (Fsp3) is 0.400. The maximum Gasteiger partial charge on any atom is 0.325 e.